The number of amides is 1. The second-order valence-electron chi connectivity index (χ2n) is 4.16. The lowest BCUT2D eigenvalue weighted by molar-refractivity contribution is -0.129. The van der Waals surface area contributed by atoms with Gasteiger partial charge in [0.05, 0.1) is 0 Å². The molecule has 0 heterocycles. The summed E-state index contributed by atoms with van der Waals surface area (Å²) in [7, 11) is 0. The van der Waals surface area contributed by atoms with Crippen molar-refractivity contribution in [2.45, 2.75) is 38.7 Å². The highest BCUT2D eigenvalue weighted by Gasteiger charge is 2.15. The zero-order valence-corrected chi connectivity index (χ0v) is 10.4. The largest absolute Gasteiger partial charge is 0.368 e. The summed E-state index contributed by atoms with van der Waals surface area (Å²) in [6.07, 6.45) is 3.30. The second-order valence-corrected chi connectivity index (χ2v) is 4.16. The average molecular weight is 235 g/mol. The van der Waals surface area contributed by atoms with Crippen LogP contribution >= 0.6 is 0 Å². The zero-order valence-electron chi connectivity index (χ0n) is 10.4. The minimum atomic E-state index is -0.505. The van der Waals surface area contributed by atoms with Gasteiger partial charge in [-0.3, -0.25) is 4.79 Å². The molecule has 1 unspecified atom stereocenters. The summed E-state index contributed by atoms with van der Waals surface area (Å²) >= 11 is 0. The van der Waals surface area contributed by atoms with Gasteiger partial charge in [-0.1, -0.05) is 50.1 Å². The van der Waals surface area contributed by atoms with E-state index in [1.165, 1.54) is 0 Å². The van der Waals surface area contributed by atoms with Crippen LogP contribution in [0.15, 0.2) is 30.3 Å². The Balaban J connectivity index is 2.41. The Morgan fingerprint density at radius 3 is 2.59 bits per heavy atom. The van der Waals surface area contributed by atoms with Crippen molar-refractivity contribution >= 4 is 5.91 Å². The van der Waals surface area contributed by atoms with Gasteiger partial charge in [-0.25, -0.2) is 0 Å². The van der Waals surface area contributed by atoms with Crippen molar-refractivity contribution in [3.05, 3.63) is 35.9 Å². The van der Waals surface area contributed by atoms with Crippen LogP contribution in [0, 0.1) is 0 Å². The first-order chi connectivity index (χ1) is 8.24. The highest BCUT2D eigenvalue weighted by atomic mass is 16.5. The third kappa shape index (κ3) is 5.50. The van der Waals surface area contributed by atoms with Crippen LogP contribution in [0.2, 0.25) is 0 Å². The average Bonchev–Trinajstić information content (AvgIpc) is 2.34. The fourth-order valence-corrected chi connectivity index (χ4v) is 1.65. The first-order valence-electron chi connectivity index (χ1n) is 6.19. The van der Waals surface area contributed by atoms with Crippen molar-refractivity contribution in [3.63, 3.8) is 0 Å². The fraction of sp³-hybridized carbons (Fsp3) is 0.500. The number of carbonyl (C=O) groups excluding carboxylic acids is 1. The van der Waals surface area contributed by atoms with Crippen LogP contribution < -0.4 is 5.73 Å². The van der Waals surface area contributed by atoms with Crippen molar-refractivity contribution in [2.24, 2.45) is 5.73 Å². The van der Waals surface area contributed by atoms with Gasteiger partial charge >= 0.3 is 0 Å². The Morgan fingerprint density at radius 1 is 1.29 bits per heavy atom. The molecule has 0 aromatic heterocycles. The molecule has 0 saturated carbocycles. The zero-order chi connectivity index (χ0) is 12.5. The minimum absolute atomic E-state index is 0.384. The molecule has 0 fully saturated rings. The van der Waals surface area contributed by atoms with Crippen LogP contribution in [0.25, 0.3) is 0 Å². The second kappa shape index (κ2) is 7.85. The summed E-state index contributed by atoms with van der Waals surface area (Å²) in [6, 6.07) is 9.80. The van der Waals surface area contributed by atoms with Crippen molar-refractivity contribution in [3.8, 4) is 0 Å². The number of carbonyl (C=O) groups is 1. The van der Waals surface area contributed by atoms with Gasteiger partial charge in [-0.2, -0.15) is 0 Å². The predicted octanol–water partition coefficient (Wildman–Crippen LogP) is 2.29. The van der Waals surface area contributed by atoms with Gasteiger partial charge in [0.15, 0.2) is 0 Å². The van der Waals surface area contributed by atoms with Crippen LogP contribution in [0.4, 0.5) is 0 Å². The van der Waals surface area contributed by atoms with E-state index in [4.69, 9.17) is 10.5 Å². The number of hydrogen-bond donors (Lipinski definition) is 1. The van der Waals surface area contributed by atoms with Gasteiger partial charge in [0, 0.05) is 13.0 Å². The summed E-state index contributed by atoms with van der Waals surface area (Å²) in [4.78, 5) is 11.3. The predicted molar refractivity (Wildman–Crippen MR) is 68.6 cm³/mol. The van der Waals surface area contributed by atoms with E-state index in [9.17, 15) is 4.79 Å². The van der Waals surface area contributed by atoms with Crippen molar-refractivity contribution < 1.29 is 9.53 Å². The van der Waals surface area contributed by atoms with Crippen molar-refractivity contribution in [1.29, 1.82) is 0 Å². The summed E-state index contributed by atoms with van der Waals surface area (Å²) in [5.41, 5.74) is 6.41. The Bertz CT molecular complexity index is 324. The van der Waals surface area contributed by atoms with E-state index >= 15 is 0 Å². The molecule has 1 aromatic rings. The van der Waals surface area contributed by atoms with E-state index < -0.39 is 6.10 Å². The molecule has 0 aliphatic heterocycles. The van der Waals surface area contributed by atoms with E-state index in [-0.39, 0.29) is 5.91 Å². The maximum Gasteiger partial charge on any atom is 0.246 e. The van der Waals surface area contributed by atoms with Crippen LogP contribution in [0.5, 0.6) is 0 Å². The lowest BCUT2D eigenvalue weighted by Gasteiger charge is -2.14. The molecule has 0 aliphatic rings. The molecular formula is C14H21NO2. The molecule has 2 N–H and O–H groups in total. The Morgan fingerprint density at radius 2 is 2.00 bits per heavy atom. The minimum Gasteiger partial charge on any atom is -0.368 e. The molecule has 94 valence electrons. The van der Waals surface area contributed by atoms with E-state index in [0.29, 0.717) is 13.0 Å². The molecule has 0 aliphatic carbocycles. The number of nitrogens with two attached hydrogens (primary N) is 1. The number of ether oxygens (including phenoxy) is 1. The van der Waals surface area contributed by atoms with E-state index in [1.54, 1.807) is 0 Å². The van der Waals surface area contributed by atoms with Gasteiger partial charge in [0.1, 0.15) is 6.10 Å². The quantitative estimate of drug-likeness (QED) is 0.703. The normalized spacial score (nSPS) is 12.3. The van der Waals surface area contributed by atoms with Gasteiger partial charge in [-0.05, 0) is 12.0 Å². The summed E-state index contributed by atoms with van der Waals surface area (Å²) in [5.74, 6) is -0.384. The monoisotopic (exact) mass is 235 g/mol. The maximum atomic E-state index is 11.3. The number of hydrogen-bond acceptors (Lipinski definition) is 2. The number of unbranched alkanes of at least 4 members (excludes halogenated alkanes) is 2. The summed E-state index contributed by atoms with van der Waals surface area (Å²) < 4.78 is 5.54. The SMILES string of the molecule is CCCCCOC(Cc1ccccc1)C(N)=O. The third-order valence-corrected chi connectivity index (χ3v) is 2.65. The van der Waals surface area contributed by atoms with E-state index in [0.717, 1.165) is 24.8 Å². The molecule has 3 nitrogen and oxygen atoms in total. The van der Waals surface area contributed by atoms with Gasteiger partial charge in [0.25, 0.3) is 0 Å². The topological polar surface area (TPSA) is 52.3 Å². The standard InChI is InChI=1S/C14H21NO2/c1-2-3-7-10-17-13(14(15)16)11-12-8-5-4-6-9-12/h4-6,8-9,13H,2-3,7,10-11H2,1H3,(H2,15,16). The number of rotatable bonds is 8. The highest BCUT2D eigenvalue weighted by molar-refractivity contribution is 5.79. The maximum absolute atomic E-state index is 11.3. The van der Waals surface area contributed by atoms with Crippen LogP contribution in [0.1, 0.15) is 31.7 Å². The molecule has 0 bridgehead atoms. The Hall–Kier alpha value is -1.35. The Kier molecular flexibility index (Phi) is 6.33. The molecule has 0 spiro atoms. The van der Waals surface area contributed by atoms with E-state index in [2.05, 4.69) is 6.92 Å². The molecule has 0 radical (unpaired) electrons. The van der Waals surface area contributed by atoms with E-state index in [1.807, 2.05) is 30.3 Å². The molecule has 3 heteroatoms. The van der Waals surface area contributed by atoms with Crippen LogP contribution in [-0.4, -0.2) is 18.6 Å². The van der Waals surface area contributed by atoms with Crippen LogP contribution in [-0.2, 0) is 16.0 Å². The first kappa shape index (κ1) is 13.7. The van der Waals surface area contributed by atoms with Crippen molar-refractivity contribution in [1.82, 2.24) is 0 Å². The van der Waals surface area contributed by atoms with Gasteiger partial charge in [-0.15, -0.1) is 0 Å². The van der Waals surface area contributed by atoms with Gasteiger partial charge < -0.3 is 10.5 Å². The molecular weight excluding hydrogens is 214 g/mol. The molecule has 1 aromatic carbocycles. The molecule has 1 amide bonds. The summed E-state index contributed by atoms with van der Waals surface area (Å²) in [6.45, 7) is 2.74. The number of benzene rings is 1. The third-order valence-electron chi connectivity index (χ3n) is 2.65. The van der Waals surface area contributed by atoms with Gasteiger partial charge in [0.2, 0.25) is 5.91 Å². The lowest BCUT2D eigenvalue weighted by atomic mass is 10.1. The Labute approximate surface area is 103 Å². The molecule has 1 atom stereocenters. The highest BCUT2D eigenvalue weighted by Crippen LogP contribution is 2.07. The van der Waals surface area contributed by atoms with Crippen molar-refractivity contribution in [2.75, 3.05) is 6.61 Å². The smallest absolute Gasteiger partial charge is 0.246 e. The molecule has 17 heavy (non-hydrogen) atoms. The van der Waals surface area contributed by atoms with Crippen LogP contribution in [0.3, 0.4) is 0 Å². The first-order valence-corrected chi connectivity index (χ1v) is 6.19. The number of primary amides is 1. The molecule has 0 saturated heterocycles. The lowest BCUT2D eigenvalue weighted by Crippen LogP contribution is -2.33. The summed E-state index contributed by atoms with van der Waals surface area (Å²) in [5, 5.41) is 0. The fourth-order valence-electron chi connectivity index (χ4n) is 1.65. The molecule has 1 rings (SSSR count).